The third-order valence-corrected chi connectivity index (χ3v) is 4.88. The lowest BCUT2D eigenvalue weighted by atomic mass is 9.93. The fraction of sp³-hybridized carbons (Fsp3) is 0.167. The predicted octanol–water partition coefficient (Wildman–Crippen LogP) is 5.86. The number of nitrogens with zero attached hydrogens (tertiary/aromatic N) is 2. The molecule has 0 unspecified atom stereocenters. The van der Waals surface area contributed by atoms with E-state index in [-0.39, 0.29) is 5.82 Å². The molecule has 0 atom stereocenters. The van der Waals surface area contributed by atoms with Crippen LogP contribution in [0.1, 0.15) is 29.5 Å². The summed E-state index contributed by atoms with van der Waals surface area (Å²) < 4.78 is 14.5. The second-order valence-corrected chi connectivity index (χ2v) is 6.80. The minimum absolute atomic E-state index is 0.198. The molecule has 0 saturated heterocycles. The Hall–Kier alpha value is -3.07. The molecule has 1 aliphatic heterocycles. The molecule has 2 nitrogen and oxygen atoms in total. The van der Waals surface area contributed by atoms with Crippen molar-refractivity contribution in [3.63, 3.8) is 0 Å². The maximum Gasteiger partial charge on any atom is 0.131 e. The Balaban J connectivity index is 1.76. The van der Waals surface area contributed by atoms with Crippen LogP contribution in [-0.4, -0.2) is 17.2 Å². The summed E-state index contributed by atoms with van der Waals surface area (Å²) in [6.07, 6.45) is 7.74. The van der Waals surface area contributed by atoms with Gasteiger partial charge in [-0.3, -0.25) is 9.98 Å². The zero-order valence-corrected chi connectivity index (χ0v) is 15.3. The van der Waals surface area contributed by atoms with Crippen LogP contribution in [0.4, 0.5) is 4.39 Å². The van der Waals surface area contributed by atoms with Crippen LogP contribution >= 0.6 is 0 Å². The van der Waals surface area contributed by atoms with Gasteiger partial charge >= 0.3 is 0 Å². The fourth-order valence-electron chi connectivity index (χ4n) is 3.52. The Labute approximate surface area is 159 Å². The summed E-state index contributed by atoms with van der Waals surface area (Å²) in [7, 11) is 0. The van der Waals surface area contributed by atoms with E-state index in [9.17, 15) is 4.39 Å². The number of rotatable bonds is 3. The van der Waals surface area contributed by atoms with Crippen LogP contribution < -0.4 is 0 Å². The minimum atomic E-state index is -0.198. The summed E-state index contributed by atoms with van der Waals surface area (Å²) in [4.78, 5) is 8.94. The molecule has 3 aromatic rings. The highest BCUT2D eigenvalue weighted by Gasteiger charge is 2.15. The van der Waals surface area contributed by atoms with Crippen LogP contribution in [0.5, 0.6) is 0 Å². The number of hydrogen-bond acceptors (Lipinski definition) is 2. The van der Waals surface area contributed by atoms with Crippen molar-refractivity contribution in [2.24, 2.45) is 4.99 Å². The van der Waals surface area contributed by atoms with Crippen LogP contribution in [0.25, 0.3) is 17.2 Å². The van der Waals surface area contributed by atoms with E-state index in [0.717, 1.165) is 47.4 Å². The van der Waals surface area contributed by atoms with E-state index in [1.54, 1.807) is 12.3 Å². The van der Waals surface area contributed by atoms with Crippen molar-refractivity contribution >= 4 is 11.8 Å². The molecule has 0 saturated carbocycles. The van der Waals surface area contributed by atoms with E-state index >= 15 is 0 Å². The normalized spacial score (nSPS) is 15.6. The highest BCUT2D eigenvalue weighted by molar-refractivity contribution is 6.15. The SMILES string of the molecule is Cc1ccccc1-c1cc(C=C2CCCN=C2c2cccnc2)ccc1F. The van der Waals surface area contributed by atoms with Crippen LogP contribution in [0.15, 0.2) is 77.6 Å². The first-order valence-corrected chi connectivity index (χ1v) is 9.24. The van der Waals surface area contributed by atoms with Gasteiger partial charge in [-0.05, 0) is 72.4 Å². The molecule has 2 heterocycles. The monoisotopic (exact) mass is 356 g/mol. The Bertz CT molecular complexity index is 1020. The summed E-state index contributed by atoms with van der Waals surface area (Å²) in [6.45, 7) is 2.84. The van der Waals surface area contributed by atoms with Gasteiger partial charge < -0.3 is 0 Å². The van der Waals surface area contributed by atoms with Gasteiger partial charge in [0.05, 0.1) is 5.71 Å². The molecule has 0 radical (unpaired) electrons. The van der Waals surface area contributed by atoms with E-state index in [4.69, 9.17) is 4.99 Å². The molecule has 27 heavy (non-hydrogen) atoms. The van der Waals surface area contributed by atoms with Crippen molar-refractivity contribution in [2.75, 3.05) is 6.54 Å². The summed E-state index contributed by atoms with van der Waals surface area (Å²) in [5.74, 6) is -0.198. The summed E-state index contributed by atoms with van der Waals surface area (Å²) in [5, 5.41) is 0. The molecular weight excluding hydrogens is 335 g/mol. The molecule has 0 bridgehead atoms. The molecule has 0 amide bonds. The van der Waals surface area contributed by atoms with Crippen molar-refractivity contribution in [1.82, 2.24) is 4.98 Å². The van der Waals surface area contributed by atoms with E-state index < -0.39 is 0 Å². The molecule has 1 aliphatic rings. The maximum absolute atomic E-state index is 14.5. The van der Waals surface area contributed by atoms with Gasteiger partial charge in [-0.15, -0.1) is 0 Å². The average Bonchev–Trinajstić information content (AvgIpc) is 2.71. The minimum Gasteiger partial charge on any atom is -0.284 e. The third kappa shape index (κ3) is 3.72. The van der Waals surface area contributed by atoms with Crippen molar-refractivity contribution in [2.45, 2.75) is 19.8 Å². The number of halogens is 1. The topological polar surface area (TPSA) is 25.2 Å². The van der Waals surface area contributed by atoms with E-state index in [2.05, 4.69) is 11.1 Å². The highest BCUT2D eigenvalue weighted by Crippen LogP contribution is 2.29. The number of aliphatic imine (C=N–C) groups is 1. The summed E-state index contributed by atoms with van der Waals surface area (Å²) in [6, 6.07) is 17.2. The van der Waals surface area contributed by atoms with Gasteiger partial charge in [0.25, 0.3) is 0 Å². The molecule has 0 aliphatic carbocycles. The van der Waals surface area contributed by atoms with Gasteiger partial charge in [0.15, 0.2) is 0 Å². The second-order valence-electron chi connectivity index (χ2n) is 6.80. The molecule has 134 valence electrons. The Kier molecular flexibility index (Phi) is 4.93. The molecule has 0 fully saturated rings. The van der Waals surface area contributed by atoms with Crippen molar-refractivity contribution < 1.29 is 4.39 Å². The van der Waals surface area contributed by atoms with Gasteiger partial charge in [-0.1, -0.05) is 30.3 Å². The summed E-state index contributed by atoms with van der Waals surface area (Å²) in [5.41, 5.74) is 6.83. The maximum atomic E-state index is 14.5. The number of allylic oxidation sites excluding steroid dienone is 1. The lowest BCUT2D eigenvalue weighted by Crippen LogP contribution is -2.11. The zero-order valence-electron chi connectivity index (χ0n) is 15.3. The lowest BCUT2D eigenvalue weighted by Gasteiger charge is -2.16. The molecule has 4 rings (SSSR count). The number of aromatic nitrogens is 1. The quantitative estimate of drug-likeness (QED) is 0.577. The van der Waals surface area contributed by atoms with Crippen LogP contribution in [-0.2, 0) is 0 Å². The molecule has 3 heteroatoms. The van der Waals surface area contributed by atoms with E-state index in [1.807, 2.05) is 61.7 Å². The van der Waals surface area contributed by atoms with Crippen LogP contribution in [0.3, 0.4) is 0 Å². The molecule has 1 aromatic heterocycles. The molecule has 0 N–H and O–H groups in total. The smallest absolute Gasteiger partial charge is 0.131 e. The second kappa shape index (κ2) is 7.67. The van der Waals surface area contributed by atoms with Crippen molar-refractivity contribution in [3.05, 3.63) is 95.1 Å². The Morgan fingerprint density at radius 1 is 1.00 bits per heavy atom. The van der Waals surface area contributed by atoms with Gasteiger partial charge in [0, 0.05) is 30.1 Å². The van der Waals surface area contributed by atoms with Crippen LogP contribution in [0.2, 0.25) is 0 Å². The van der Waals surface area contributed by atoms with E-state index in [0.29, 0.717) is 5.56 Å². The number of aryl methyl sites for hydroxylation is 1. The molecule has 2 aromatic carbocycles. The first-order valence-electron chi connectivity index (χ1n) is 9.24. The standard InChI is InChI=1S/C24H21FN2/c1-17-6-2-3-9-21(17)22-15-18(10-11-23(22)25)14-19-7-5-13-27-24(19)20-8-4-12-26-16-20/h2-4,6,8-12,14-16H,5,7,13H2,1H3. The molecule has 0 spiro atoms. The third-order valence-electron chi connectivity index (χ3n) is 4.88. The zero-order chi connectivity index (χ0) is 18.6. The summed E-state index contributed by atoms with van der Waals surface area (Å²) >= 11 is 0. The Morgan fingerprint density at radius 3 is 2.70 bits per heavy atom. The van der Waals surface area contributed by atoms with Gasteiger partial charge in [-0.25, -0.2) is 4.39 Å². The van der Waals surface area contributed by atoms with Gasteiger partial charge in [0.1, 0.15) is 5.82 Å². The predicted molar refractivity (Wildman–Crippen MR) is 109 cm³/mol. The first kappa shape index (κ1) is 17.3. The van der Waals surface area contributed by atoms with E-state index in [1.165, 1.54) is 5.57 Å². The first-order chi connectivity index (χ1) is 13.2. The fourth-order valence-corrected chi connectivity index (χ4v) is 3.52. The highest BCUT2D eigenvalue weighted by atomic mass is 19.1. The van der Waals surface area contributed by atoms with Gasteiger partial charge in [-0.2, -0.15) is 0 Å². The van der Waals surface area contributed by atoms with Crippen molar-refractivity contribution in [3.8, 4) is 11.1 Å². The Morgan fingerprint density at radius 2 is 1.89 bits per heavy atom. The molecular formula is C24H21FN2. The number of pyridine rings is 1. The van der Waals surface area contributed by atoms with Crippen LogP contribution in [0, 0.1) is 12.7 Å². The van der Waals surface area contributed by atoms with Gasteiger partial charge in [0.2, 0.25) is 0 Å². The van der Waals surface area contributed by atoms with Crippen molar-refractivity contribution in [1.29, 1.82) is 0 Å². The largest absolute Gasteiger partial charge is 0.284 e. The average molecular weight is 356 g/mol. The number of benzene rings is 2. The lowest BCUT2D eigenvalue weighted by molar-refractivity contribution is 0.631. The number of hydrogen-bond donors (Lipinski definition) is 0.